The molecule has 0 bridgehead atoms. The zero-order chi connectivity index (χ0) is 24.0. The van der Waals surface area contributed by atoms with Crippen LogP contribution in [-0.2, 0) is 12.6 Å². The van der Waals surface area contributed by atoms with Crippen LogP contribution in [0.15, 0.2) is 72.8 Å². The van der Waals surface area contributed by atoms with Gasteiger partial charge in [-0.2, -0.15) is 13.2 Å². The molecule has 0 amide bonds. The number of alkyl halides is 3. The maximum Gasteiger partial charge on any atom is 0.416 e. The van der Waals surface area contributed by atoms with Crippen molar-refractivity contribution in [1.82, 2.24) is 4.90 Å². The molecule has 0 saturated carbocycles. The smallest absolute Gasteiger partial charge is 0.303 e. The molecule has 3 aromatic rings. The Balaban J connectivity index is 1.62. The minimum absolute atomic E-state index is 0.0455. The van der Waals surface area contributed by atoms with Crippen molar-refractivity contribution < 1.29 is 22.0 Å². The van der Waals surface area contributed by atoms with Crippen LogP contribution < -0.4 is 0 Å². The summed E-state index contributed by atoms with van der Waals surface area (Å²) in [6.07, 6.45) is -3.85. The molecule has 1 nitrogen and oxygen atoms in total. The van der Waals surface area contributed by atoms with E-state index in [-0.39, 0.29) is 22.9 Å². The van der Waals surface area contributed by atoms with Gasteiger partial charge in [0.1, 0.15) is 11.6 Å². The molecule has 0 spiro atoms. The van der Waals surface area contributed by atoms with E-state index in [0.29, 0.717) is 18.5 Å². The van der Waals surface area contributed by atoms with Crippen LogP contribution in [0.1, 0.15) is 34.4 Å². The fourth-order valence-electron chi connectivity index (χ4n) is 3.57. The first-order valence-corrected chi connectivity index (χ1v) is 11.7. The predicted octanol–water partition coefficient (Wildman–Crippen LogP) is 7.37. The molecule has 0 saturated heterocycles. The number of hydrogen-bond donors (Lipinski definition) is 0. The highest BCUT2D eigenvalue weighted by molar-refractivity contribution is 7.99. The molecule has 3 aromatic carbocycles. The third kappa shape index (κ3) is 7.30. The van der Waals surface area contributed by atoms with Crippen molar-refractivity contribution in [2.45, 2.75) is 30.8 Å². The summed E-state index contributed by atoms with van der Waals surface area (Å²) in [6.45, 7) is 2.70. The zero-order valence-electron chi connectivity index (χ0n) is 18.4. The number of rotatable bonds is 9. The van der Waals surface area contributed by atoms with Crippen LogP contribution in [-0.4, -0.2) is 30.3 Å². The Morgan fingerprint density at radius 3 is 1.91 bits per heavy atom. The Hall–Kier alpha value is -2.38. The lowest BCUT2D eigenvalue weighted by Crippen LogP contribution is -2.33. The Morgan fingerprint density at radius 2 is 1.39 bits per heavy atom. The Labute approximate surface area is 195 Å². The molecule has 7 heteroatoms. The monoisotopic (exact) mass is 479 g/mol. The van der Waals surface area contributed by atoms with Crippen molar-refractivity contribution in [3.8, 4) is 0 Å². The molecule has 1 unspecified atom stereocenters. The molecular formula is C26H26F5NS. The number of benzene rings is 3. The van der Waals surface area contributed by atoms with Gasteiger partial charge >= 0.3 is 6.18 Å². The second-order valence-corrected chi connectivity index (χ2v) is 9.30. The van der Waals surface area contributed by atoms with Crippen molar-refractivity contribution in [3.05, 3.63) is 107 Å². The highest BCUT2D eigenvalue weighted by atomic mass is 32.2. The molecule has 0 aliphatic heterocycles. The number of hydrogen-bond acceptors (Lipinski definition) is 2. The van der Waals surface area contributed by atoms with Crippen LogP contribution in [0.25, 0.3) is 0 Å². The quantitative estimate of drug-likeness (QED) is 0.295. The molecule has 1 atom stereocenters. The standard InChI is InChI=1S/C26H26F5NS/c1-18(16-19-4-3-5-22(17-19)26(29,30)31)32(2)14-15-33-25(20-6-10-23(27)11-7-20)21-8-12-24(28)13-9-21/h3-13,17-18,25H,14-16H2,1-2H3. The maximum atomic E-state index is 13.4. The van der Waals surface area contributed by atoms with Crippen LogP contribution in [0.2, 0.25) is 0 Å². The van der Waals surface area contributed by atoms with Gasteiger partial charge in [0.15, 0.2) is 0 Å². The lowest BCUT2D eigenvalue weighted by atomic mass is 10.0. The first-order valence-electron chi connectivity index (χ1n) is 10.6. The molecular weight excluding hydrogens is 453 g/mol. The fourth-order valence-corrected chi connectivity index (χ4v) is 4.89. The molecule has 0 aromatic heterocycles. The van der Waals surface area contributed by atoms with E-state index >= 15 is 0 Å². The van der Waals surface area contributed by atoms with Crippen molar-refractivity contribution in [3.63, 3.8) is 0 Å². The van der Waals surface area contributed by atoms with E-state index in [4.69, 9.17) is 0 Å². The molecule has 176 valence electrons. The van der Waals surface area contributed by atoms with Crippen LogP contribution >= 0.6 is 11.8 Å². The molecule has 33 heavy (non-hydrogen) atoms. The van der Waals surface area contributed by atoms with Gasteiger partial charge in [0, 0.05) is 18.3 Å². The van der Waals surface area contributed by atoms with E-state index in [9.17, 15) is 22.0 Å². The molecule has 3 rings (SSSR count). The van der Waals surface area contributed by atoms with E-state index in [1.807, 2.05) is 14.0 Å². The summed E-state index contributed by atoms with van der Waals surface area (Å²) < 4.78 is 65.7. The summed E-state index contributed by atoms with van der Waals surface area (Å²) in [4.78, 5) is 2.11. The van der Waals surface area contributed by atoms with E-state index in [2.05, 4.69) is 4.90 Å². The van der Waals surface area contributed by atoms with Gasteiger partial charge in [-0.25, -0.2) is 8.78 Å². The van der Waals surface area contributed by atoms with Gasteiger partial charge in [-0.1, -0.05) is 42.5 Å². The van der Waals surface area contributed by atoms with Gasteiger partial charge in [0.2, 0.25) is 0 Å². The molecule has 0 N–H and O–H groups in total. The van der Waals surface area contributed by atoms with Crippen LogP contribution in [0, 0.1) is 11.6 Å². The largest absolute Gasteiger partial charge is 0.416 e. The molecule has 0 aliphatic rings. The summed E-state index contributed by atoms with van der Waals surface area (Å²) in [5.41, 5.74) is 1.86. The van der Waals surface area contributed by atoms with Crippen molar-refractivity contribution >= 4 is 11.8 Å². The number of halogens is 5. The third-order valence-electron chi connectivity index (χ3n) is 5.61. The predicted molar refractivity (Wildman–Crippen MR) is 124 cm³/mol. The van der Waals surface area contributed by atoms with E-state index in [1.165, 1.54) is 36.4 Å². The summed E-state index contributed by atoms with van der Waals surface area (Å²) in [5.74, 6) is 0.109. The van der Waals surface area contributed by atoms with Gasteiger partial charge in [-0.3, -0.25) is 0 Å². The first kappa shape index (κ1) is 25.2. The van der Waals surface area contributed by atoms with E-state index < -0.39 is 11.7 Å². The molecule has 0 fully saturated rings. The average Bonchev–Trinajstić information content (AvgIpc) is 2.78. The summed E-state index contributed by atoms with van der Waals surface area (Å²) in [5, 5.41) is -0.0848. The summed E-state index contributed by atoms with van der Waals surface area (Å²) in [6, 6.07) is 18.1. The van der Waals surface area contributed by atoms with Gasteiger partial charge < -0.3 is 4.90 Å². The number of thioether (sulfide) groups is 1. The van der Waals surface area contributed by atoms with Crippen LogP contribution in [0.5, 0.6) is 0 Å². The Morgan fingerprint density at radius 1 is 0.848 bits per heavy atom. The van der Waals surface area contributed by atoms with Crippen molar-refractivity contribution in [2.24, 2.45) is 0 Å². The average molecular weight is 480 g/mol. The minimum atomic E-state index is -4.35. The summed E-state index contributed by atoms with van der Waals surface area (Å²) in [7, 11) is 1.95. The van der Waals surface area contributed by atoms with Crippen LogP contribution in [0.4, 0.5) is 22.0 Å². The first-order chi connectivity index (χ1) is 15.6. The van der Waals surface area contributed by atoms with Gasteiger partial charge in [0.25, 0.3) is 0 Å². The second kappa shape index (κ2) is 11.2. The third-order valence-corrected chi connectivity index (χ3v) is 6.91. The molecule has 0 aliphatic carbocycles. The number of nitrogens with zero attached hydrogens (tertiary/aromatic N) is 1. The molecule has 0 radical (unpaired) electrons. The van der Waals surface area contributed by atoms with Gasteiger partial charge in [0.05, 0.1) is 10.8 Å². The zero-order valence-corrected chi connectivity index (χ0v) is 19.3. The molecule has 0 heterocycles. The fraction of sp³-hybridized carbons (Fsp3) is 0.308. The number of likely N-dealkylation sites (N-methyl/N-ethyl adjacent to an activating group) is 1. The van der Waals surface area contributed by atoms with Gasteiger partial charge in [-0.05, 0) is 67.4 Å². The Bertz CT molecular complexity index is 973. The van der Waals surface area contributed by atoms with Crippen LogP contribution in [0.3, 0.4) is 0 Å². The maximum absolute atomic E-state index is 13.4. The Kier molecular flexibility index (Phi) is 8.54. The van der Waals surface area contributed by atoms with E-state index in [0.717, 1.165) is 22.9 Å². The van der Waals surface area contributed by atoms with Crippen molar-refractivity contribution in [1.29, 1.82) is 0 Å². The minimum Gasteiger partial charge on any atom is -0.303 e. The topological polar surface area (TPSA) is 3.24 Å². The highest BCUT2D eigenvalue weighted by Crippen LogP contribution is 2.36. The lowest BCUT2D eigenvalue weighted by Gasteiger charge is -2.26. The second-order valence-electron chi connectivity index (χ2n) is 8.09. The van der Waals surface area contributed by atoms with E-state index in [1.54, 1.807) is 42.1 Å². The SMILES string of the molecule is CC(Cc1cccc(C(F)(F)F)c1)N(C)CCSC(c1ccc(F)cc1)c1ccc(F)cc1. The highest BCUT2D eigenvalue weighted by Gasteiger charge is 2.30. The summed E-state index contributed by atoms with van der Waals surface area (Å²) >= 11 is 1.66. The normalized spacial score (nSPS) is 13.0. The van der Waals surface area contributed by atoms with Gasteiger partial charge in [-0.15, -0.1) is 11.8 Å². The lowest BCUT2D eigenvalue weighted by molar-refractivity contribution is -0.137. The van der Waals surface area contributed by atoms with Crippen molar-refractivity contribution in [2.75, 3.05) is 19.3 Å².